The van der Waals surface area contributed by atoms with Gasteiger partial charge in [-0.3, -0.25) is 0 Å². The minimum Gasteiger partial charge on any atom is -0.454 e. The molecule has 0 fully saturated rings. The average molecular weight is 884 g/mol. The number of hydrogen-bond acceptors (Lipinski definition) is 4. The maximum Gasteiger partial charge on any atom is 0.252 e. The van der Waals surface area contributed by atoms with E-state index in [2.05, 4.69) is 240 Å². The summed E-state index contributed by atoms with van der Waals surface area (Å²) in [6, 6.07) is 60.9. The molecule has 13 rings (SSSR count). The Balaban J connectivity index is 1.19. The largest absolute Gasteiger partial charge is 0.454 e. The van der Waals surface area contributed by atoms with Crippen LogP contribution in [-0.4, -0.2) is 11.3 Å². The highest BCUT2D eigenvalue weighted by atomic mass is 16.3. The second-order valence-corrected chi connectivity index (χ2v) is 22.2. The first kappa shape index (κ1) is 40.8. The second kappa shape index (κ2) is 14.1. The van der Waals surface area contributed by atoms with E-state index in [-0.39, 0.29) is 23.0 Å². The van der Waals surface area contributed by atoms with E-state index in [1.165, 1.54) is 38.6 Å². The molecule has 0 N–H and O–H groups in total. The molecule has 332 valence electrons. The number of hydrogen-bond donors (Lipinski definition) is 0. The molecule has 2 aliphatic rings. The van der Waals surface area contributed by atoms with Gasteiger partial charge in [0.05, 0.1) is 16.9 Å². The van der Waals surface area contributed by atoms with Crippen molar-refractivity contribution >= 4 is 112 Å². The molecule has 6 heteroatoms. The molecular weight excluding hydrogens is 830 g/mol. The van der Waals surface area contributed by atoms with E-state index in [0.29, 0.717) is 0 Å². The maximum absolute atomic E-state index is 6.97. The van der Waals surface area contributed by atoms with E-state index in [1.807, 2.05) is 0 Å². The third kappa shape index (κ3) is 5.89. The van der Waals surface area contributed by atoms with Crippen LogP contribution in [0, 0.1) is 0 Å². The molecule has 0 amide bonds. The lowest BCUT2D eigenvalue weighted by molar-refractivity contribution is 0.590. The van der Waals surface area contributed by atoms with Crippen LogP contribution in [0.2, 0.25) is 0 Å². The fourth-order valence-corrected chi connectivity index (χ4v) is 11.3. The van der Waals surface area contributed by atoms with Gasteiger partial charge in [0, 0.05) is 50.0 Å². The Morgan fingerprint density at radius 2 is 0.941 bits per heavy atom. The van der Waals surface area contributed by atoms with Crippen LogP contribution in [-0.2, 0) is 16.2 Å². The van der Waals surface area contributed by atoms with Crippen LogP contribution in [0.3, 0.4) is 0 Å². The second-order valence-electron chi connectivity index (χ2n) is 22.2. The quantitative estimate of drug-likeness (QED) is 0.165. The Morgan fingerprint density at radius 3 is 1.60 bits per heavy atom. The van der Waals surface area contributed by atoms with Gasteiger partial charge in [-0.15, -0.1) is 0 Å². The molecule has 2 aliphatic heterocycles. The Bertz CT molecular complexity index is 3810. The van der Waals surface area contributed by atoms with Crippen molar-refractivity contribution in [3.8, 4) is 5.69 Å². The SMILES string of the molecule is CC(C)(C)c1ccc(N(c2ccc(C(C)(C)C)cc2)c2cc3c4c(c2)-n2c5c(cccc5c5oc6ccccc6c52)B4c2ccc(C(C)(C)C)cc2N3c2cccc3c2oc2ccccc23)cc1. The van der Waals surface area contributed by atoms with Gasteiger partial charge >= 0.3 is 0 Å². The van der Waals surface area contributed by atoms with Crippen molar-refractivity contribution in [1.82, 2.24) is 4.57 Å². The lowest BCUT2D eigenvalue weighted by Crippen LogP contribution is -2.60. The van der Waals surface area contributed by atoms with Crippen molar-refractivity contribution in [2.24, 2.45) is 0 Å². The Labute approximate surface area is 398 Å². The van der Waals surface area contributed by atoms with Gasteiger partial charge in [0.1, 0.15) is 16.7 Å². The molecule has 3 aromatic heterocycles. The van der Waals surface area contributed by atoms with E-state index in [9.17, 15) is 0 Å². The normalized spacial score (nSPS) is 13.6. The summed E-state index contributed by atoms with van der Waals surface area (Å²) in [7, 11) is 0. The van der Waals surface area contributed by atoms with Gasteiger partial charge in [-0.1, -0.05) is 153 Å². The number of aromatic nitrogens is 1. The summed E-state index contributed by atoms with van der Waals surface area (Å²) in [5.41, 5.74) is 21.1. The lowest BCUT2D eigenvalue weighted by Gasteiger charge is -2.42. The zero-order valence-corrected chi connectivity index (χ0v) is 40.3. The summed E-state index contributed by atoms with van der Waals surface area (Å²) in [6.07, 6.45) is 0. The Kier molecular flexibility index (Phi) is 8.43. The summed E-state index contributed by atoms with van der Waals surface area (Å²) in [6.45, 7) is 20.6. The molecule has 0 saturated carbocycles. The predicted molar refractivity (Wildman–Crippen MR) is 288 cm³/mol. The highest BCUT2D eigenvalue weighted by molar-refractivity contribution is 7.00. The smallest absolute Gasteiger partial charge is 0.252 e. The molecule has 5 heterocycles. The topological polar surface area (TPSA) is 37.7 Å². The van der Waals surface area contributed by atoms with Crippen molar-refractivity contribution in [2.75, 3.05) is 9.80 Å². The molecule has 0 radical (unpaired) electrons. The fourth-order valence-electron chi connectivity index (χ4n) is 11.3. The number of benzene rings is 8. The minimum atomic E-state index is -0.0958. The third-order valence-corrected chi connectivity index (χ3v) is 14.8. The Hall–Kier alpha value is -7.44. The molecule has 68 heavy (non-hydrogen) atoms. The molecule has 8 aromatic carbocycles. The van der Waals surface area contributed by atoms with E-state index in [4.69, 9.17) is 8.83 Å². The van der Waals surface area contributed by atoms with Crippen molar-refractivity contribution in [3.05, 3.63) is 180 Å². The monoisotopic (exact) mass is 883 g/mol. The maximum atomic E-state index is 6.97. The molecule has 0 unspecified atom stereocenters. The first-order valence-electron chi connectivity index (χ1n) is 24.1. The molecule has 0 spiro atoms. The predicted octanol–water partition coefficient (Wildman–Crippen LogP) is 15.4. The zero-order chi connectivity index (χ0) is 46.6. The van der Waals surface area contributed by atoms with E-state index in [1.54, 1.807) is 0 Å². The van der Waals surface area contributed by atoms with Crippen molar-refractivity contribution in [2.45, 2.75) is 78.6 Å². The molecular formula is C62H54BN3O2. The van der Waals surface area contributed by atoms with Crippen molar-refractivity contribution in [1.29, 1.82) is 0 Å². The first-order chi connectivity index (χ1) is 32.6. The lowest BCUT2D eigenvalue weighted by atomic mass is 9.33. The van der Waals surface area contributed by atoms with Crippen molar-refractivity contribution in [3.63, 3.8) is 0 Å². The van der Waals surface area contributed by atoms with Crippen LogP contribution in [0.4, 0.5) is 34.1 Å². The number of anilines is 6. The standard InChI is InChI=1S/C62H54BN3O2/c1-60(2,3)37-24-29-40(30-25-37)64(41-31-26-38(27-32-41)61(4,5)6)42-35-51-55-52(36-42)66-56-46(59-57(66)45-17-11-13-23-54(45)68-59)19-14-20-48(56)63(55)47-33-28-39(62(7,8)9)34-50(47)65(51)49-21-15-18-44-43-16-10-12-22-53(43)67-58(44)49/h10-36H,1-9H3. The minimum absolute atomic E-state index is 0.00607. The summed E-state index contributed by atoms with van der Waals surface area (Å²) >= 11 is 0. The molecule has 11 aromatic rings. The molecule has 5 nitrogen and oxygen atoms in total. The molecule has 0 aliphatic carbocycles. The fraction of sp³-hybridized carbons (Fsp3) is 0.194. The number of nitrogens with zero attached hydrogens (tertiary/aromatic N) is 3. The number of para-hydroxylation sites is 4. The first-order valence-corrected chi connectivity index (χ1v) is 24.1. The highest BCUT2D eigenvalue weighted by Crippen LogP contribution is 2.49. The van der Waals surface area contributed by atoms with E-state index < -0.39 is 0 Å². The number of furan rings is 2. The van der Waals surface area contributed by atoms with Crippen LogP contribution in [0.15, 0.2) is 173 Å². The third-order valence-electron chi connectivity index (χ3n) is 14.8. The van der Waals surface area contributed by atoms with Gasteiger partial charge in [-0.05, 0) is 122 Å². The molecule has 0 saturated heterocycles. The average Bonchev–Trinajstić information content (AvgIpc) is 4.00. The van der Waals surface area contributed by atoms with Gasteiger partial charge in [0.25, 0.3) is 6.71 Å². The van der Waals surface area contributed by atoms with E-state index in [0.717, 1.165) is 89.2 Å². The summed E-state index contributed by atoms with van der Waals surface area (Å²) in [5, 5.41) is 4.44. The summed E-state index contributed by atoms with van der Waals surface area (Å²) in [4.78, 5) is 4.98. The van der Waals surface area contributed by atoms with Crippen LogP contribution in [0.1, 0.15) is 79.0 Å². The number of rotatable bonds is 4. The van der Waals surface area contributed by atoms with Gasteiger partial charge in [0.2, 0.25) is 0 Å². The summed E-state index contributed by atoms with van der Waals surface area (Å²) in [5.74, 6) is 0. The molecule has 0 bridgehead atoms. The van der Waals surface area contributed by atoms with Gasteiger partial charge in [0.15, 0.2) is 11.2 Å². The van der Waals surface area contributed by atoms with Gasteiger partial charge in [-0.2, -0.15) is 0 Å². The zero-order valence-electron chi connectivity index (χ0n) is 40.3. The van der Waals surface area contributed by atoms with Crippen molar-refractivity contribution < 1.29 is 8.83 Å². The van der Waals surface area contributed by atoms with Gasteiger partial charge in [-0.25, -0.2) is 0 Å². The van der Waals surface area contributed by atoms with E-state index >= 15 is 0 Å². The van der Waals surface area contributed by atoms with Crippen LogP contribution >= 0.6 is 0 Å². The van der Waals surface area contributed by atoms with Crippen LogP contribution in [0.25, 0.3) is 60.6 Å². The van der Waals surface area contributed by atoms with Crippen LogP contribution < -0.4 is 26.2 Å². The summed E-state index contributed by atoms with van der Waals surface area (Å²) < 4.78 is 16.4. The number of fused-ring (bicyclic) bond motifs is 12. The Morgan fingerprint density at radius 1 is 0.397 bits per heavy atom. The van der Waals surface area contributed by atoms with Crippen LogP contribution in [0.5, 0.6) is 0 Å². The molecule has 0 atom stereocenters. The van der Waals surface area contributed by atoms with Gasteiger partial charge < -0.3 is 23.2 Å². The highest BCUT2D eigenvalue weighted by Gasteiger charge is 2.44.